The molecule has 91 valence electrons. The number of nitrogen functional groups attached to an aromatic ring is 1. The summed E-state index contributed by atoms with van der Waals surface area (Å²) in [4.78, 5) is 29.5. The van der Waals surface area contributed by atoms with E-state index in [1.807, 2.05) is 0 Å². The maximum atomic E-state index is 10.9. The number of hydrogen-bond acceptors (Lipinski definition) is 9. The number of thiazole rings is 1. The topological polar surface area (TPSA) is 130 Å². The highest BCUT2D eigenvalue weighted by atomic mass is 32.1. The number of nitrogens with two attached hydrogens (primary N) is 2. The van der Waals surface area contributed by atoms with E-state index >= 15 is 0 Å². The molecule has 0 saturated heterocycles. The van der Waals surface area contributed by atoms with Crippen molar-refractivity contribution in [1.82, 2.24) is 4.98 Å². The predicted molar refractivity (Wildman–Crippen MR) is 60.2 cm³/mol. The van der Waals surface area contributed by atoms with Crippen molar-refractivity contribution in [3.8, 4) is 0 Å². The molecule has 1 rings (SSSR count). The van der Waals surface area contributed by atoms with Crippen LogP contribution in [0.1, 0.15) is 5.69 Å². The lowest BCUT2D eigenvalue weighted by Gasteiger charge is -1.99. The molecule has 0 saturated carbocycles. The van der Waals surface area contributed by atoms with E-state index in [0.717, 1.165) is 11.3 Å². The molecule has 0 aliphatic carbocycles. The first-order valence-electron chi connectivity index (χ1n) is 4.38. The highest BCUT2D eigenvalue weighted by molar-refractivity contribution is 7.13. The summed E-state index contributed by atoms with van der Waals surface area (Å²) in [6.07, 6.45) is 0.411. The minimum absolute atomic E-state index is 0.00185. The second-order valence-corrected chi connectivity index (χ2v) is 3.48. The van der Waals surface area contributed by atoms with Crippen LogP contribution < -0.4 is 11.5 Å². The van der Waals surface area contributed by atoms with Crippen LogP contribution in [0.15, 0.2) is 10.5 Å². The van der Waals surface area contributed by atoms with Crippen molar-refractivity contribution in [2.45, 2.75) is 0 Å². The zero-order valence-corrected chi connectivity index (χ0v) is 9.40. The molecule has 9 heteroatoms. The number of hydrogen-bond donors (Lipinski definition) is 2. The second kappa shape index (κ2) is 6.55. The van der Waals surface area contributed by atoms with Crippen molar-refractivity contribution in [2.24, 2.45) is 10.9 Å². The lowest BCUT2D eigenvalue weighted by atomic mass is 10.3. The van der Waals surface area contributed by atoms with Gasteiger partial charge in [-0.1, -0.05) is 5.16 Å². The Bertz CT molecular complexity index is 431. The van der Waals surface area contributed by atoms with Crippen molar-refractivity contribution in [1.29, 1.82) is 0 Å². The summed E-state index contributed by atoms with van der Waals surface area (Å²) in [5.74, 6) is 0. The summed E-state index contributed by atoms with van der Waals surface area (Å²) >= 11 is 1.11. The molecular formula is C8H9N4O4S. The zero-order chi connectivity index (χ0) is 12.7. The summed E-state index contributed by atoms with van der Waals surface area (Å²) in [5, 5.41) is 4.98. The van der Waals surface area contributed by atoms with Crippen LogP contribution in [0.5, 0.6) is 0 Å². The molecular weight excluding hydrogens is 248 g/mol. The van der Waals surface area contributed by atoms with Crippen molar-refractivity contribution < 1.29 is 19.2 Å². The van der Waals surface area contributed by atoms with Gasteiger partial charge in [-0.3, -0.25) is 9.63 Å². The van der Waals surface area contributed by atoms with Crippen LogP contribution in [0.25, 0.3) is 0 Å². The Balaban J connectivity index is 2.62. The molecule has 1 aromatic heterocycles. The smallest absolute Gasteiger partial charge is 0.431 e. The third-order valence-corrected chi connectivity index (χ3v) is 2.08. The third-order valence-electron chi connectivity index (χ3n) is 1.41. The minimum atomic E-state index is -1.06. The van der Waals surface area contributed by atoms with E-state index in [9.17, 15) is 9.59 Å². The summed E-state index contributed by atoms with van der Waals surface area (Å²) in [7, 11) is 0. The predicted octanol–water partition coefficient (Wildman–Crippen LogP) is -0.349. The van der Waals surface area contributed by atoms with Gasteiger partial charge in [0.05, 0.1) is 0 Å². The molecule has 1 aromatic rings. The van der Waals surface area contributed by atoms with E-state index in [1.165, 1.54) is 11.7 Å². The van der Waals surface area contributed by atoms with Crippen molar-refractivity contribution in [3.05, 3.63) is 11.1 Å². The average molecular weight is 257 g/mol. The lowest BCUT2D eigenvalue weighted by molar-refractivity contribution is 0.0598. The van der Waals surface area contributed by atoms with E-state index < -0.39 is 6.16 Å². The highest BCUT2D eigenvalue weighted by Gasteiger charge is 2.10. The lowest BCUT2D eigenvalue weighted by Crippen LogP contribution is -2.14. The normalized spacial score (nSPS) is 11.0. The summed E-state index contributed by atoms with van der Waals surface area (Å²) < 4.78 is 4.46. The molecule has 0 amide bonds. The Hall–Kier alpha value is -2.00. The molecule has 4 N–H and O–H groups in total. The number of ether oxygens (including phenoxy) is 1. The first-order valence-corrected chi connectivity index (χ1v) is 5.26. The quantitative estimate of drug-likeness (QED) is 0.319. The van der Waals surface area contributed by atoms with E-state index in [0.29, 0.717) is 0 Å². The molecule has 0 aliphatic rings. The fourth-order valence-electron chi connectivity index (χ4n) is 0.766. The van der Waals surface area contributed by atoms with Crippen molar-refractivity contribution >= 4 is 34.6 Å². The SMILES string of the molecule is NCCOC(=O)ON=C([C]=O)c1csc(N)n1. The van der Waals surface area contributed by atoms with E-state index in [4.69, 9.17) is 11.5 Å². The van der Waals surface area contributed by atoms with Gasteiger partial charge >= 0.3 is 6.16 Å². The fraction of sp³-hybridized carbons (Fsp3) is 0.250. The van der Waals surface area contributed by atoms with Gasteiger partial charge in [0, 0.05) is 11.9 Å². The number of oxime groups is 1. The second-order valence-electron chi connectivity index (χ2n) is 2.59. The number of carbonyl (C=O) groups excluding carboxylic acids is 2. The summed E-state index contributed by atoms with van der Waals surface area (Å²) in [6, 6.07) is 0. The Kier molecular flexibility index (Phi) is 5.04. The Morgan fingerprint density at radius 1 is 1.65 bits per heavy atom. The monoisotopic (exact) mass is 257 g/mol. The standard InChI is InChI=1S/C8H9N4O4S/c9-1-2-15-8(14)16-12-5(3-13)6-4-17-7(10)11-6/h4H,1-2,9H2,(H2,10,11). The minimum Gasteiger partial charge on any atom is -0.431 e. The van der Waals surface area contributed by atoms with Crippen LogP contribution in [0.4, 0.5) is 9.93 Å². The molecule has 17 heavy (non-hydrogen) atoms. The molecule has 0 spiro atoms. The van der Waals surface area contributed by atoms with Crippen LogP contribution in [0.3, 0.4) is 0 Å². The first-order chi connectivity index (χ1) is 8.17. The van der Waals surface area contributed by atoms with Gasteiger partial charge in [-0.05, 0) is 0 Å². The Morgan fingerprint density at radius 2 is 2.41 bits per heavy atom. The molecule has 1 heterocycles. The van der Waals surface area contributed by atoms with Gasteiger partial charge in [-0.2, -0.15) is 0 Å². The number of anilines is 1. The molecule has 8 nitrogen and oxygen atoms in total. The van der Waals surface area contributed by atoms with Crippen LogP contribution in [0.2, 0.25) is 0 Å². The molecule has 0 aliphatic heterocycles. The third kappa shape index (κ3) is 4.17. The maximum Gasteiger partial charge on any atom is 0.535 e. The van der Waals surface area contributed by atoms with Gasteiger partial charge in [0.25, 0.3) is 6.29 Å². The molecule has 1 radical (unpaired) electrons. The largest absolute Gasteiger partial charge is 0.535 e. The molecule has 0 fully saturated rings. The number of rotatable bonds is 5. The van der Waals surface area contributed by atoms with Crippen molar-refractivity contribution in [3.63, 3.8) is 0 Å². The fourth-order valence-corrected chi connectivity index (χ4v) is 1.31. The average Bonchev–Trinajstić information content (AvgIpc) is 2.74. The van der Waals surface area contributed by atoms with Gasteiger partial charge < -0.3 is 16.2 Å². The van der Waals surface area contributed by atoms with E-state index in [-0.39, 0.29) is 29.7 Å². The van der Waals surface area contributed by atoms with E-state index in [1.54, 1.807) is 0 Å². The molecule has 0 unspecified atom stereocenters. The molecule has 0 atom stereocenters. The molecule has 0 bridgehead atoms. The Labute approximate surface area is 100 Å². The number of nitrogens with zero attached hydrogens (tertiary/aromatic N) is 2. The molecule has 0 aromatic carbocycles. The highest BCUT2D eigenvalue weighted by Crippen LogP contribution is 2.11. The van der Waals surface area contributed by atoms with Crippen LogP contribution >= 0.6 is 11.3 Å². The first kappa shape index (κ1) is 13.1. The Morgan fingerprint density at radius 3 is 2.94 bits per heavy atom. The van der Waals surface area contributed by atoms with Crippen LogP contribution in [-0.4, -0.2) is 36.3 Å². The van der Waals surface area contributed by atoms with E-state index in [2.05, 4.69) is 19.7 Å². The van der Waals surface area contributed by atoms with Crippen LogP contribution in [0, 0.1) is 0 Å². The van der Waals surface area contributed by atoms with Gasteiger partial charge in [-0.15, -0.1) is 11.3 Å². The van der Waals surface area contributed by atoms with Crippen LogP contribution in [-0.2, 0) is 14.4 Å². The zero-order valence-electron chi connectivity index (χ0n) is 8.58. The van der Waals surface area contributed by atoms with Gasteiger partial charge in [0.1, 0.15) is 12.3 Å². The number of aromatic nitrogens is 1. The van der Waals surface area contributed by atoms with Gasteiger partial charge in [-0.25, -0.2) is 9.78 Å². The maximum absolute atomic E-state index is 10.9. The number of carbonyl (C=O) groups is 1. The van der Waals surface area contributed by atoms with Gasteiger partial charge in [0.15, 0.2) is 10.8 Å². The summed E-state index contributed by atoms with van der Waals surface area (Å²) in [5.41, 5.74) is 10.4. The van der Waals surface area contributed by atoms with Gasteiger partial charge in [0.2, 0.25) is 0 Å². The summed E-state index contributed by atoms with van der Waals surface area (Å²) in [6.45, 7) is 0.159. The van der Waals surface area contributed by atoms with Crippen molar-refractivity contribution in [2.75, 3.05) is 18.9 Å².